The van der Waals surface area contributed by atoms with Gasteiger partial charge in [-0.15, -0.1) is 0 Å². The van der Waals surface area contributed by atoms with Crippen molar-refractivity contribution >= 4 is 0 Å². The smallest absolute Gasteiger partial charge is 0.126 e. The van der Waals surface area contributed by atoms with Crippen molar-refractivity contribution in [3.63, 3.8) is 0 Å². The van der Waals surface area contributed by atoms with Crippen molar-refractivity contribution in [1.29, 1.82) is 0 Å². The van der Waals surface area contributed by atoms with Crippen molar-refractivity contribution < 1.29 is 4.39 Å². The van der Waals surface area contributed by atoms with Crippen LogP contribution in [0.3, 0.4) is 0 Å². The molecule has 0 saturated carbocycles. The summed E-state index contributed by atoms with van der Waals surface area (Å²) in [5, 5.41) is 3.53. The number of hydrogen-bond acceptors (Lipinski definition) is 2. The number of rotatable bonds is 4. The molecule has 0 spiro atoms. The fourth-order valence-electron chi connectivity index (χ4n) is 2.89. The minimum atomic E-state index is -0.0930. The largest absolute Gasteiger partial charge is 0.313 e. The topological polar surface area (TPSA) is 15.3 Å². The first kappa shape index (κ1) is 14.5. The zero-order valence-electron chi connectivity index (χ0n) is 12.2. The third-order valence-electron chi connectivity index (χ3n) is 4.17. The minimum absolute atomic E-state index is 0.0930. The van der Waals surface area contributed by atoms with Gasteiger partial charge in [0.2, 0.25) is 0 Å². The van der Waals surface area contributed by atoms with E-state index in [0.717, 1.165) is 30.8 Å². The molecule has 0 bridgehead atoms. The lowest BCUT2D eigenvalue weighted by atomic mass is 9.99. The van der Waals surface area contributed by atoms with Gasteiger partial charge in [0, 0.05) is 18.6 Å². The lowest BCUT2D eigenvalue weighted by Gasteiger charge is -2.37. The van der Waals surface area contributed by atoms with E-state index in [1.165, 1.54) is 12.8 Å². The summed E-state index contributed by atoms with van der Waals surface area (Å²) in [4.78, 5) is 2.46. The van der Waals surface area contributed by atoms with E-state index in [-0.39, 0.29) is 11.9 Å². The molecular formula is C16H25FN2. The summed E-state index contributed by atoms with van der Waals surface area (Å²) in [6.07, 6.45) is 2.47. The molecule has 0 aliphatic carbocycles. The van der Waals surface area contributed by atoms with Gasteiger partial charge in [-0.05, 0) is 57.0 Å². The summed E-state index contributed by atoms with van der Waals surface area (Å²) in [7, 11) is 0. The molecule has 2 atom stereocenters. The molecule has 1 fully saturated rings. The van der Waals surface area contributed by atoms with E-state index in [0.29, 0.717) is 6.04 Å². The van der Waals surface area contributed by atoms with Gasteiger partial charge in [0.05, 0.1) is 0 Å². The molecule has 3 heteroatoms. The Morgan fingerprint density at radius 2 is 2.26 bits per heavy atom. The van der Waals surface area contributed by atoms with E-state index in [1.54, 1.807) is 6.07 Å². The molecule has 106 valence electrons. The number of piperidine rings is 1. The molecule has 2 nitrogen and oxygen atoms in total. The van der Waals surface area contributed by atoms with Gasteiger partial charge in [-0.25, -0.2) is 4.39 Å². The maximum atomic E-state index is 13.7. The number of hydrogen-bond donors (Lipinski definition) is 1. The second-order valence-corrected chi connectivity index (χ2v) is 5.58. The highest BCUT2D eigenvalue weighted by molar-refractivity contribution is 5.25. The lowest BCUT2D eigenvalue weighted by molar-refractivity contribution is 0.146. The quantitative estimate of drug-likeness (QED) is 0.898. The van der Waals surface area contributed by atoms with E-state index < -0.39 is 0 Å². The van der Waals surface area contributed by atoms with Crippen molar-refractivity contribution in [3.8, 4) is 0 Å². The number of aryl methyl sites for hydroxylation is 1. The molecule has 1 aromatic carbocycles. The molecule has 1 aromatic rings. The van der Waals surface area contributed by atoms with Gasteiger partial charge in [-0.1, -0.05) is 19.1 Å². The zero-order valence-corrected chi connectivity index (χ0v) is 12.2. The number of nitrogens with one attached hydrogen (secondary N) is 1. The van der Waals surface area contributed by atoms with Crippen LogP contribution in [-0.4, -0.2) is 30.6 Å². The van der Waals surface area contributed by atoms with Crippen LogP contribution in [0.5, 0.6) is 0 Å². The average Bonchev–Trinajstić information content (AvgIpc) is 2.42. The Morgan fingerprint density at radius 3 is 2.95 bits per heavy atom. The fourth-order valence-corrected chi connectivity index (χ4v) is 2.89. The number of likely N-dealkylation sites (tertiary alicyclic amines) is 1. The zero-order chi connectivity index (χ0) is 13.8. The van der Waals surface area contributed by atoms with E-state index >= 15 is 0 Å². The summed E-state index contributed by atoms with van der Waals surface area (Å²) in [6.45, 7) is 9.33. The maximum Gasteiger partial charge on any atom is 0.126 e. The number of benzene rings is 1. The Bertz CT molecular complexity index is 417. The van der Waals surface area contributed by atoms with Crippen LogP contribution < -0.4 is 5.32 Å². The standard InChI is InChI=1S/C16H25FN2/c1-4-18-15-6-5-9-19(11-15)13(3)14-8-7-12(2)16(17)10-14/h7-8,10,13,15,18H,4-6,9,11H2,1-3H3. The molecule has 2 unspecified atom stereocenters. The molecule has 1 aliphatic rings. The fraction of sp³-hybridized carbons (Fsp3) is 0.625. The normalized spacial score (nSPS) is 22.4. The van der Waals surface area contributed by atoms with Crippen LogP contribution in [0, 0.1) is 12.7 Å². The van der Waals surface area contributed by atoms with Crippen molar-refractivity contribution in [2.24, 2.45) is 0 Å². The van der Waals surface area contributed by atoms with Crippen LogP contribution in [0.15, 0.2) is 18.2 Å². The van der Waals surface area contributed by atoms with Crippen molar-refractivity contribution in [2.45, 2.75) is 45.7 Å². The van der Waals surface area contributed by atoms with Crippen LogP contribution >= 0.6 is 0 Å². The molecule has 0 radical (unpaired) electrons. The first-order valence-corrected chi connectivity index (χ1v) is 7.35. The highest BCUT2D eigenvalue weighted by atomic mass is 19.1. The van der Waals surface area contributed by atoms with Crippen LogP contribution in [0.25, 0.3) is 0 Å². The first-order chi connectivity index (χ1) is 9.11. The van der Waals surface area contributed by atoms with E-state index in [9.17, 15) is 4.39 Å². The van der Waals surface area contributed by atoms with Gasteiger partial charge < -0.3 is 5.32 Å². The van der Waals surface area contributed by atoms with Crippen LogP contribution in [0.4, 0.5) is 4.39 Å². The predicted molar refractivity (Wildman–Crippen MR) is 77.8 cm³/mol. The Morgan fingerprint density at radius 1 is 1.47 bits per heavy atom. The maximum absolute atomic E-state index is 13.7. The minimum Gasteiger partial charge on any atom is -0.313 e. The molecule has 1 N–H and O–H groups in total. The predicted octanol–water partition coefficient (Wildman–Crippen LogP) is 3.27. The van der Waals surface area contributed by atoms with E-state index in [4.69, 9.17) is 0 Å². The average molecular weight is 264 g/mol. The SMILES string of the molecule is CCNC1CCCN(C(C)c2ccc(C)c(F)c2)C1. The molecule has 2 rings (SSSR count). The van der Waals surface area contributed by atoms with Crippen molar-refractivity contribution in [3.05, 3.63) is 35.1 Å². The molecule has 0 aromatic heterocycles. The highest BCUT2D eigenvalue weighted by Gasteiger charge is 2.24. The highest BCUT2D eigenvalue weighted by Crippen LogP contribution is 2.25. The van der Waals surface area contributed by atoms with Gasteiger partial charge in [0.15, 0.2) is 0 Å². The van der Waals surface area contributed by atoms with Gasteiger partial charge >= 0.3 is 0 Å². The lowest BCUT2D eigenvalue weighted by Crippen LogP contribution is -2.46. The molecule has 1 saturated heterocycles. The summed E-state index contributed by atoms with van der Waals surface area (Å²) in [5.74, 6) is -0.0930. The first-order valence-electron chi connectivity index (χ1n) is 7.35. The number of halogens is 1. The molecule has 1 aliphatic heterocycles. The molecular weight excluding hydrogens is 239 g/mol. The van der Waals surface area contributed by atoms with Crippen LogP contribution in [-0.2, 0) is 0 Å². The summed E-state index contributed by atoms with van der Waals surface area (Å²) in [6, 6.07) is 6.50. The van der Waals surface area contributed by atoms with E-state index in [2.05, 4.69) is 30.1 Å². The Balaban J connectivity index is 2.05. The summed E-state index contributed by atoms with van der Waals surface area (Å²) >= 11 is 0. The Labute approximate surface area is 116 Å². The Hall–Kier alpha value is -0.930. The van der Waals surface area contributed by atoms with Gasteiger partial charge in [-0.3, -0.25) is 4.90 Å². The van der Waals surface area contributed by atoms with Crippen molar-refractivity contribution in [1.82, 2.24) is 10.2 Å². The number of nitrogens with zero attached hydrogens (tertiary/aromatic N) is 1. The Kier molecular flexibility index (Phi) is 4.94. The van der Waals surface area contributed by atoms with E-state index in [1.807, 2.05) is 13.0 Å². The van der Waals surface area contributed by atoms with Crippen LogP contribution in [0.2, 0.25) is 0 Å². The van der Waals surface area contributed by atoms with Gasteiger partial charge in [0.25, 0.3) is 0 Å². The molecule has 0 amide bonds. The van der Waals surface area contributed by atoms with Gasteiger partial charge in [-0.2, -0.15) is 0 Å². The monoisotopic (exact) mass is 264 g/mol. The van der Waals surface area contributed by atoms with Crippen molar-refractivity contribution in [2.75, 3.05) is 19.6 Å². The molecule has 19 heavy (non-hydrogen) atoms. The summed E-state index contributed by atoms with van der Waals surface area (Å²) < 4.78 is 13.7. The third-order valence-corrected chi connectivity index (χ3v) is 4.17. The van der Waals surface area contributed by atoms with Gasteiger partial charge in [0.1, 0.15) is 5.82 Å². The van der Waals surface area contributed by atoms with Crippen LogP contribution in [0.1, 0.15) is 43.9 Å². The summed E-state index contributed by atoms with van der Waals surface area (Å²) in [5.41, 5.74) is 1.81. The molecule has 1 heterocycles. The second kappa shape index (κ2) is 6.49. The second-order valence-electron chi connectivity index (χ2n) is 5.58. The number of likely N-dealkylation sites (N-methyl/N-ethyl adjacent to an activating group) is 1. The third kappa shape index (κ3) is 3.54.